The zero-order chi connectivity index (χ0) is 59.2. The lowest BCUT2D eigenvalue weighted by Crippen LogP contribution is -2.30. The number of unbranched alkanes of at least 4 members (excludes halogenated alkanes) is 40. The van der Waals surface area contributed by atoms with Crippen LogP contribution in [0.4, 0.5) is 0 Å². The average molecular weight is 1140 g/mol. The Morgan fingerprint density at radius 1 is 0.256 bits per heavy atom. The van der Waals surface area contributed by atoms with E-state index in [1.54, 1.807) is 0 Å². The van der Waals surface area contributed by atoms with Crippen LogP contribution in [0.25, 0.3) is 0 Å². The van der Waals surface area contributed by atoms with Crippen LogP contribution in [0.2, 0.25) is 0 Å². The smallest absolute Gasteiger partial charge is 0.306 e. The van der Waals surface area contributed by atoms with Gasteiger partial charge in [0.15, 0.2) is 6.10 Å². The number of rotatable bonds is 65. The molecule has 0 N–H and O–H groups in total. The fourth-order valence-electron chi connectivity index (χ4n) is 10.3. The van der Waals surface area contributed by atoms with E-state index in [0.29, 0.717) is 19.3 Å². The topological polar surface area (TPSA) is 78.9 Å². The quantitative estimate of drug-likeness (QED) is 0.0261. The minimum atomic E-state index is -0.813. The Bertz CT molecular complexity index is 1550. The normalized spacial score (nSPS) is 12.6. The van der Waals surface area contributed by atoms with E-state index in [1.807, 2.05) is 6.08 Å². The highest BCUT2D eigenvalue weighted by Gasteiger charge is 2.19. The lowest BCUT2D eigenvalue weighted by Gasteiger charge is -2.18. The first-order chi connectivity index (χ1) is 40.5. The summed E-state index contributed by atoms with van der Waals surface area (Å²) in [4.78, 5) is 38.3. The van der Waals surface area contributed by atoms with Gasteiger partial charge in [-0.05, 0) is 103 Å². The minimum Gasteiger partial charge on any atom is -0.462 e. The van der Waals surface area contributed by atoms with Gasteiger partial charge in [-0.25, -0.2) is 0 Å². The highest BCUT2D eigenvalue weighted by molar-refractivity contribution is 5.71. The number of ether oxygens (including phenoxy) is 3. The molecule has 0 rings (SSSR count). The second-order valence-corrected chi connectivity index (χ2v) is 23.8. The molecule has 0 aliphatic heterocycles. The van der Waals surface area contributed by atoms with Crippen LogP contribution in [-0.2, 0) is 28.6 Å². The number of carbonyl (C=O) groups excluding carboxylic acids is 3. The van der Waals surface area contributed by atoms with Crippen molar-refractivity contribution in [1.29, 1.82) is 0 Å². The van der Waals surface area contributed by atoms with Crippen molar-refractivity contribution in [1.82, 2.24) is 0 Å². The zero-order valence-corrected chi connectivity index (χ0v) is 54.5. The summed E-state index contributed by atoms with van der Waals surface area (Å²) < 4.78 is 16.8. The number of esters is 3. The summed E-state index contributed by atoms with van der Waals surface area (Å²) in [5.41, 5.74) is 0. The molecule has 82 heavy (non-hydrogen) atoms. The van der Waals surface area contributed by atoms with Gasteiger partial charge in [-0.15, -0.1) is 0 Å². The van der Waals surface area contributed by atoms with Gasteiger partial charge >= 0.3 is 17.9 Å². The van der Waals surface area contributed by atoms with Crippen LogP contribution in [0.15, 0.2) is 85.1 Å². The molecular weight excluding hydrogens is 1010 g/mol. The minimum absolute atomic E-state index is 0.102. The van der Waals surface area contributed by atoms with E-state index >= 15 is 0 Å². The van der Waals surface area contributed by atoms with Crippen LogP contribution in [0.3, 0.4) is 0 Å². The Morgan fingerprint density at radius 3 is 0.841 bits per heavy atom. The lowest BCUT2D eigenvalue weighted by molar-refractivity contribution is -0.166. The molecule has 0 saturated carbocycles. The molecular formula is C76H134O6. The first-order valence-corrected chi connectivity index (χ1v) is 35.6. The molecule has 1 unspecified atom stereocenters. The summed E-state index contributed by atoms with van der Waals surface area (Å²) in [6, 6.07) is 0. The molecule has 0 fully saturated rings. The average Bonchev–Trinajstić information content (AvgIpc) is 3.47. The van der Waals surface area contributed by atoms with Crippen molar-refractivity contribution in [2.24, 2.45) is 0 Å². The van der Waals surface area contributed by atoms with Crippen molar-refractivity contribution in [3.63, 3.8) is 0 Å². The maximum Gasteiger partial charge on any atom is 0.306 e. The molecule has 0 heterocycles. The Hall–Kier alpha value is -3.41. The van der Waals surface area contributed by atoms with E-state index in [4.69, 9.17) is 14.2 Å². The molecule has 0 aromatic rings. The number of carbonyl (C=O) groups is 3. The zero-order valence-electron chi connectivity index (χ0n) is 54.5. The van der Waals surface area contributed by atoms with Crippen LogP contribution < -0.4 is 0 Å². The first kappa shape index (κ1) is 78.6. The number of hydrogen-bond donors (Lipinski definition) is 0. The maximum atomic E-state index is 12.9. The van der Waals surface area contributed by atoms with Crippen molar-refractivity contribution < 1.29 is 28.6 Å². The molecule has 6 nitrogen and oxygen atoms in total. The van der Waals surface area contributed by atoms with Crippen LogP contribution in [-0.4, -0.2) is 37.2 Å². The van der Waals surface area contributed by atoms with Gasteiger partial charge in [-0.3, -0.25) is 14.4 Å². The summed E-state index contributed by atoms with van der Waals surface area (Å²) in [6.07, 6.45) is 93.7. The molecule has 0 aromatic heterocycles. The molecule has 0 aliphatic rings. The summed E-state index contributed by atoms with van der Waals surface area (Å²) in [5, 5.41) is 0. The van der Waals surface area contributed by atoms with E-state index in [2.05, 4.69) is 99.8 Å². The SMILES string of the molecule is CC/C=C\C/C=C\C/C=C\C/C=C\CCC(=O)OCC(COC(=O)CCCCCCCCCCCCCCCCCCCCCCCCC/C=C\CCCCCCCCCC)OC(=O)CCCCCCC/C=C\C/C=C\CCCCCC. The molecule has 0 saturated heterocycles. The van der Waals surface area contributed by atoms with E-state index in [0.717, 1.165) is 89.9 Å². The third-order valence-electron chi connectivity index (χ3n) is 15.6. The standard InChI is InChI=1S/C76H134O6/c1-4-7-10-13-16-19-22-25-27-29-30-31-32-33-34-35-36-37-38-39-40-41-42-43-44-45-46-47-49-51-54-57-60-63-66-69-75(78)81-72-73(71-80-74(77)68-65-62-59-56-53-50-24-21-18-15-12-9-6-3)82-76(79)70-67-64-61-58-55-52-48-28-26-23-20-17-14-11-8-5-2/h9,12,18,20-21,23,28-30,48,50,53,59,62,73H,4-8,10-11,13-17,19,22,24-27,31-47,49,51-52,54-58,60-61,63-72H2,1-3H3/b12-9-,21-18-,23-20-,30-29-,48-28-,53-50-,62-59-. The molecule has 0 aromatic carbocycles. The molecule has 0 bridgehead atoms. The predicted octanol–water partition coefficient (Wildman–Crippen LogP) is 24.6. The fraction of sp³-hybridized carbons (Fsp3) is 0.776. The molecule has 474 valence electrons. The van der Waals surface area contributed by atoms with Crippen molar-refractivity contribution in [3.05, 3.63) is 85.1 Å². The van der Waals surface area contributed by atoms with Gasteiger partial charge < -0.3 is 14.2 Å². The van der Waals surface area contributed by atoms with Crippen molar-refractivity contribution in [3.8, 4) is 0 Å². The highest BCUT2D eigenvalue weighted by atomic mass is 16.6. The molecule has 0 spiro atoms. The lowest BCUT2D eigenvalue weighted by atomic mass is 10.0. The Labute approximate surface area is 509 Å². The van der Waals surface area contributed by atoms with E-state index < -0.39 is 6.10 Å². The summed E-state index contributed by atoms with van der Waals surface area (Å²) >= 11 is 0. The van der Waals surface area contributed by atoms with Gasteiger partial charge in [0.2, 0.25) is 0 Å². The fourth-order valence-corrected chi connectivity index (χ4v) is 10.3. The van der Waals surface area contributed by atoms with Gasteiger partial charge in [-0.2, -0.15) is 0 Å². The van der Waals surface area contributed by atoms with Gasteiger partial charge in [0.25, 0.3) is 0 Å². The number of allylic oxidation sites excluding steroid dienone is 14. The van der Waals surface area contributed by atoms with Gasteiger partial charge in [0.1, 0.15) is 13.2 Å². The van der Waals surface area contributed by atoms with Crippen LogP contribution in [0.1, 0.15) is 361 Å². The number of hydrogen-bond acceptors (Lipinski definition) is 6. The largest absolute Gasteiger partial charge is 0.462 e. The van der Waals surface area contributed by atoms with Crippen molar-refractivity contribution >= 4 is 17.9 Å². The molecule has 6 heteroatoms. The first-order valence-electron chi connectivity index (χ1n) is 35.6. The molecule has 0 aliphatic carbocycles. The van der Waals surface area contributed by atoms with E-state index in [-0.39, 0.29) is 37.5 Å². The monoisotopic (exact) mass is 1140 g/mol. The molecule has 0 radical (unpaired) electrons. The summed E-state index contributed by atoms with van der Waals surface area (Å²) in [5.74, 6) is -0.987. The van der Waals surface area contributed by atoms with E-state index in [1.165, 1.54) is 225 Å². The van der Waals surface area contributed by atoms with Crippen LogP contribution in [0, 0.1) is 0 Å². The maximum absolute atomic E-state index is 12.9. The van der Waals surface area contributed by atoms with Crippen molar-refractivity contribution in [2.45, 2.75) is 367 Å². The Balaban J connectivity index is 4.12. The van der Waals surface area contributed by atoms with Crippen molar-refractivity contribution in [2.75, 3.05) is 13.2 Å². The summed E-state index contributed by atoms with van der Waals surface area (Å²) in [6.45, 7) is 6.47. The van der Waals surface area contributed by atoms with Crippen LogP contribution in [0.5, 0.6) is 0 Å². The van der Waals surface area contributed by atoms with Crippen LogP contribution >= 0.6 is 0 Å². The second kappa shape index (κ2) is 70.1. The summed E-state index contributed by atoms with van der Waals surface area (Å²) in [7, 11) is 0. The molecule has 0 amide bonds. The van der Waals surface area contributed by atoms with Gasteiger partial charge in [0.05, 0.1) is 0 Å². The Kier molecular flexibility index (Phi) is 67.2. The molecule has 1 atom stereocenters. The van der Waals surface area contributed by atoms with E-state index in [9.17, 15) is 14.4 Å². The van der Waals surface area contributed by atoms with Gasteiger partial charge in [-0.1, -0.05) is 324 Å². The van der Waals surface area contributed by atoms with Gasteiger partial charge in [0, 0.05) is 19.3 Å². The second-order valence-electron chi connectivity index (χ2n) is 23.8. The predicted molar refractivity (Wildman–Crippen MR) is 358 cm³/mol. The highest BCUT2D eigenvalue weighted by Crippen LogP contribution is 2.18. The Morgan fingerprint density at radius 2 is 0.500 bits per heavy atom. The third-order valence-corrected chi connectivity index (χ3v) is 15.6. The third kappa shape index (κ3) is 67.4.